The maximum atomic E-state index is 14.2. The number of aromatic nitrogens is 1. The molecule has 7 nitrogen and oxygen atoms in total. The Morgan fingerprint density at radius 3 is 2.73 bits per heavy atom. The molecule has 3 N–H and O–H groups in total. The Morgan fingerprint density at radius 2 is 2.12 bits per heavy atom. The molecule has 0 fully saturated rings. The minimum Gasteiger partial charge on any atom is -0.391 e. The Morgan fingerprint density at radius 1 is 1.42 bits per heavy atom. The zero-order chi connectivity index (χ0) is 19.4. The van der Waals surface area contributed by atoms with E-state index in [1.165, 1.54) is 36.7 Å². The molecule has 26 heavy (non-hydrogen) atoms. The number of hydroxylamine groups is 1. The first-order valence-electron chi connectivity index (χ1n) is 7.73. The van der Waals surface area contributed by atoms with E-state index in [0.717, 1.165) is 0 Å². The first-order chi connectivity index (χ1) is 12.2. The summed E-state index contributed by atoms with van der Waals surface area (Å²) in [7, 11) is 1.48. The zero-order valence-electron chi connectivity index (χ0n) is 14.5. The van der Waals surface area contributed by atoms with Crippen molar-refractivity contribution in [3.8, 4) is 0 Å². The SMILES string of the molecule is Cc1cc(C(=O)NOC[C@H](C)O)c(Nc2ccc(I)cc2F)n(C)c1=O. The van der Waals surface area contributed by atoms with Crippen molar-refractivity contribution >= 4 is 40.0 Å². The van der Waals surface area contributed by atoms with Crippen LogP contribution in [-0.4, -0.2) is 28.3 Å². The van der Waals surface area contributed by atoms with Crippen molar-refractivity contribution in [1.82, 2.24) is 10.0 Å². The number of halogens is 2. The summed E-state index contributed by atoms with van der Waals surface area (Å²) in [6.07, 6.45) is -0.754. The molecule has 140 valence electrons. The van der Waals surface area contributed by atoms with Crippen LogP contribution in [-0.2, 0) is 11.9 Å². The van der Waals surface area contributed by atoms with Gasteiger partial charge in [-0.15, -0.1) is 0 Å². The van der Waals surface area contributed by atoms with E-state index in [1.54, 1.807) is 13.0 Å². The van der Waals surface area contributed by atoms with Crippen molar-refractivity contribution in [1.29, 1.82) is 0 Å². The molecule has 0 aliphatic carbocycles. The van der Waals surface area contributed by atoms with Gasteiger partial charge in [0, 0.05) is 16.2 Å². The summed E-state index contributed by atoms with van der Waals surface area (Å²) < 4.78 is 16.1. The van der Waals surface area contributed by atoms with Crippen LogP contribution in [0.4, 0.5) is 15.9 Å². The second kappa shape index (κ2) is 8.60. The monoisotopic (exact) mass is 475 g/mol. The van der Waals surface area contributed by atoms with E-state index < -0.39 is 17.8 Å². The van der Waals surface area contributed by atoms with Crippen LogP contribution in [0.2, 0.25) is 0 Å². The van der Waals surface area contributed by atoms with Gasteiger partial charge >= 0.3 is 0 Å². The molecule has 0 radical (unpaired) electrons. The molecule has 1 amide bonds. The lowest BCUT2D eigenvalue weighted by molar-refractivity contribution is -0.00685. The maximum absolute atomic E-state index is 14.2. The van der Waals surface area contributed by atoms with Crippen LogP contribution < -0.4 is 16.4 Å². The smallest absolute Gasteiger partial charge is 0.278 e. The quantitative estimate of drug-likeness (QED) is 0.441. The predicted octanol–water partition coefficient (Wildman–Crippen LogP) is 2.22. The Kier molecular flexibility index (Phi) is 6.73. The summed E-state index contributed by atoms with van der Waals surface area (Å²) in [5.41, 5.74) is 2.47. The van der Waals surface area contributed by atoms with Gasteiger partial charge in [-0.25, -0.2) is 9.87 Å². The summed E-state index contributed by atoms with van der Waals surface area (Å²) in [5, 5.41) is 12.0. The van der Waals surface area contributed by atoms with Crippen molar-refractivity contribution in [3.05, 3.63) is 55.1 Å². The topological polar surface area (TPSA) is 92.6 Å². The van der Waals surface area contributed by atoms with Crippen molar-refractivity contribution in [2.75, 3.05) is 11.9 Å². The van der Waals surface area contributed by atoms with Gasteiger partial charge in [0.05, 0.1) is 17.4 Å². The maximum Gasteiger partial charge on any atom is 0.278 e. The number of aliphatic hydroxyl groups is 1. The second-order valence-electron chi connectivity index (χ2n) is 5.79. The summed E-state index contributed by atoms with van der Waals surface area (Å²) >= 11 is 1.98. The van der Waals surface area contributed by atoms with Gasteiger partial charge in [-0.05, 0) is 60.7 Å². The fourth-order valence-electron chi connectivity index (χ4n) is 2.22. The van der Waals surface area contributed by atoms with Crippen molar-refractivity contribution < 1.29 is 19.1 Å². The minimum absolute atomic E-state index is 0.0923. The molecule has 1 heterocycles. The molecule has 9 heteroatoms. The Labute approximate surface area is 163 Å². The molecule has 0 spiro atoms. The lowest BCUT2D eigenvalue weighted by Gasteiger charge is -2.17. The number of anilines is 2. The van der Waals surface area contributed by atoms with Crippen LogP contribution in [0.3, 0.4) is 0 Å². The number of benzene rings is 1. The fourth-order valence-corrected chi connectivity index (χ4v) is 2.67. The number of rotatable bonds is 6. The molecule has 2 rings (SSSR count). The molecule has 1 aromatic heterocycles. The predicted molar refractivity (Wildman–Crippen MR) is 104 cm³/mol. The number of hydrogen-bond acceptors (Lipinski definition) is 5. The van der Waals surface area contributed by atoms with Crippen LogP contribution in [0.15, 0.2) is 29.1 Å². The van der Waals surface area contributed by atoms with Gasteiger partial charge in [-0.3, -0.25) is 19.0 Å². The third-order valence-electron chi connectivity index (χ3n) is 3.51. The van der Waals surface area contributed by atoms with Gasteiger partial charge in [0.1, 0.15) is 18.2 Å². The molecule has 0 aliphatic rings. The summed E-state index contributed by atoms with van der Waals surface area (Å²) in [5.74, 6) is -1.02. The summed E-state index contributed by atoms with van der Waals surface area (Å²) in [6.45, 7) is 2.99. The van der Waals surface area contributed by atoms with Crippen LogP contribution >= 0.6 is 22.6 Å². The number of pyridine rings is 1. The van der Waals surface area contributed by atoms with Crippen molar-refractivity contribution in [2.24, 2.45) is 7.05 Å². The highest BCUT2D eigenvalue weighted by Gasteiger charge is 2.18. The van der Waals surface area contributed by atoms with Crippen LogP contribution in [0.5, 0.6) is 0 Å². The third kappa shape index (κ3) is 4.80. The van der Waals surface area contributed by atoms with Gasteiger partial charge in [-0.1, -0.05) is 0 Å². The molecule has 1 atom stereocenters. The van der Waals surface area contributed by atoms with Crippen LogP contribution in [0.25, 0.3) is 0 Å². The number of hydrogen-bond donors (Lipinski definition) is 3. The number of aliphatic hydroxyl groups excluding tert-OH is 1. The lowest BCUT2D eigenvalue weighted by atomic mass is 10.1. The molecule has 0 unspecified atom stereocenters. The van der Waals surface area contributed by atoms with Crippen molar-refractivity contribution in [2.45, 2.75) is 20.0 Å². The average Bonchev–Trinajstić information content (AvgIpc) is 2.56. The van der Waals surface area contributed by atoms with E-state index >= 15 is 0 Å². The highest BCUT2D eigenvalue weighted by atomic mass is 127. The fraction of sp³-hybridized carbons (Fsp3) is 0.294. The number of amides is 1. The standard InChI is InChI=1S/C17H19FIN3O4/c1-9-6-12(16(24)21-26-8-10(2)23)15(22(3)17(9)25)20-14-5-4-11(19)7-13(14)18/h4-7,10,20,23H,8H2,1-3H3,(H,21,24)/t10-/m0/s1. The normalized spacial score (nSPS) is 11.9. The molecule has 1 aromatic carbocycles. The molecule has 0 bridgehead atoms. The van der Waals surface area contributed by atoms with E-state index in [-0.39, 0.29) is 29.2 Å². The van der Waals surface area contributed by atoms with Gasteiger partial charge in [0.25, 0.3) is 11.5 Å². The van der Waals surface area contributed by atoms with Gasteiger partial charge in [-0.2, -0.15) is 0 Å². The number of nitrogens with one attached hydrogen (secondary N) is 2. The first kappa shape index (κ1) is 20.3. The second-order valence-corrected chi connectivity index (χ2v) is 7.04. The van der Waals surface area contributed by atoms with E-state index in [4.69, 9.17) is 4.84 Å². The average molecular weight is 475 g/mol. The Bertz CT molecular complexity index is 883. The Hall–Kier alpha value is -1.98. The number of nitrogens with zero attached hydrogens (tertiary/aromatic N) is 1. The molecular weight excluding hydrogens is 456 g/mol. The van der Waals surface area contributed by atoms with Gasteiger partial charge in [0.15, 0.2) is 0 Å². The van der Waals surface area contributed by atoms with E-state index in [2.05, 4.69) is 10.8 Å². The number of carbonyl (C=O) groups is 1. The van der Waals surface area contributed by atoms with E-state index in [1.807, 2.05) is 22.6 Å². The minimum atomic E-state index is -0.754. The first-order valence-corrected chi connectivity index (χ1v) is 8.81. The largest absolute Gasteiger partial charge is 0.391 e. The highest BCUT2D eigenvalue weighted by Crippen LogP contribution is 2.24. The molecular formula is C17H19FIN3O4. The molecule has 0 saturated heterocycles. The molecule has 0 saturated carbocycles. The van der Waals surface area contributed by atoms with Gasteiger partial charge in [0.2, 0.25) is 0 Å². The third-order valence-corrected chi connectivity index (χ3v) is 4.18. The lowest BCUT2D eigenvalue weighted by Crippen LogP contribution is -2.31. The van der Waals surface area contributed by atoms with Crippen LogP contribution in [0.1, 0.15) is 22.8 Å². The zero-order valence-corrected chi connectivity index (χ0v) is 16.6. The highest BCUT2D eigenvalue weighted by molar-refractivity contribution is 14.1. The number of carbonyl (C=O) groups excluding carboxylic acids is 1. The Balaban J connectivity index is 2.41. The van der Waals surface area contributed by atoms with Gasteiger partial charge < -0.3 is 10.4 Å². The van der Waals surface area contributed by atoms with E-state index in [9.17, 15) is 19.1 Å². The van der Waals surface area contributed by atoms with Crippen LogP contribution in [0, 0.1) is 16.3 Å². The molecule has 2 aromatic rings. The van der Waals surface area contributed by atoms with E-state index in [0.29, 0.717) is 9.13 Å². The summed E-state index contributed by atoms with van der Waals surface area (Å²) in [6, 6.07) is 5.95. The number of aryl methyl sites for hydroxylation is 1. The molecule has 0 aliphatic heterocycles. The summed E-state index contributed by atoms with van der Waals surface area (Å²) in [4.78, 5) is 29.6. The van der Waals surface area contributed by atoms with Crippen molar-refractivity contribution in [3.63, 3.8) is 0 Å².